The van der Waals surface area contributed by atoms with Crippen molar-refractivity contribution >= 4 is 6.03 Å². The zero-order valence-electron chi connectivity index (χ0n) is 13.8. The molecule has 0 spiro atoms. The summed E-state index contributed by atoms with van der Waals surface area (Å²) < 4.78 is 11.1. The van der Waals surface area contributed by atoms with E-state index in [1.165, 1.54) is 0 Å². The summed E-state index contributed by atoms with van der Waals surface area (Å²) >= 11 is 0. The van der Waals surface area contributed by atoms with E-state index in [-0.39, 0.29) is 6.03 Å². The quantitative estimate of drug-likeness (QED) is 0.905. The van der Waals surface area contributed by atoms with E-state index in [1.54, 1.807) is 6.20 Å². The fraction of sp³-hybridized carbons (Fsp3) is 0.333. The maximum atomic E-state index is 12.2. The van der Waals surface area contributed by atoms with E-state index in [1.807, 2.05) is 50.2 Å². The molecule has 1 aromatic heterocycles. The predicted octanol–water partition coefficient (Wildman–Crippen LogP) is 2.59. The van der Waals surface area contributed by atoms with Crippen molar-refractivity contribution in [3.05, 3.63) is 53.9 Å². The average molecular weight is 327 g/mol. The lowest BCUT2D eigenvalue weighted by atomic mass is 9.94. The van der Waals surface area contributed by atoms with E-state index in [0.717, 1.165) is 17.0 Å². The minimum absolute atomic E-state index is 0.249. The lowest BCUT2D eigenvalue weighted by molar-refractivity contribution is 0.171. The molecule has 2 amide bonds. The molecule has 2 heterocycles. The van der Waals surface area contributed by atoms with Crippen molar-refractivity contribution in [3.8, 4) is 11.5 Å². The van der Waals surface area contributed by atoms with Crippen molar-refractivity contribution in [3.63, 3.8) is 0 Å². The van der Waals surface area contributed by atoms with E-state index in [9.17, 15) is 4.79 Å². The van der Waals surface area contributed by atoms with Gasteiger partial charge in [-0.05, 0) is 43.7 Å². The van der Waals surface area contributed by atoms with Crippen LogP contribution in [0.1, 0.15) is 25.1 Å². The second kappa shape index (κ2) is 6.78. The molecule has 0 atom stereocenters. The van der Waals surface area contributed by atoms with E-state index in [0.29, 0.717) is 25.5 Å². The van der Waals surface area contributed by atoms with Gasteiger partial charge in [0.25, 0.3) is 0 Å². The molecule has 2 N–H and O–H groups in total. The summed E-state index contributed by atoms with van der Waals surface area (Å²) in [5.41, 5.74) is 1.20. The van der Waals surface area contributed by atoms with Crippen LogP contribution in [0.2, 0.25) is 0 Å². The monoisotopic (exact) mass is 327 g/mol. The standard InChI is InChI=1S/C18H21N3O3/c1-18(2,13-6-7-15-16(11-13)24-10-9-23-15)21-17(22)20-12-14-5-3-4-8-19-14/h3-8,11H,9-10,12H2,1-2H3,(H2,20,21,22). The molecule has 0 bridgehead atoms. The lowest BCUT2D eigenvalue weighted by Crippen LogP contribution is -2.46. The molecule has 0 saturated carbocycles. The molecule has 126 valence electrons. The number of hydrogen-bond donors (Lipinski definition) is 2. The number of pyridine rings is 1. The molecule has 2 aromatic rings. The van der Waals surface area contributed by atoms with Gasteiger partial charge >= 0.3 is 6.03 Å². The molecule has 1 aromatic carbocycles. The summed E-state index contributed by atoms with van der Waals surface area (Å²) in [6.07, 6.45) is 1.70. The molecule has 0 aliphatic carbocycles. The van der Waals surface area contributed by atoms with Crippen molar-refractivity contribution in [2.45, 2.75) is 25.9 Å². The lowest BCUT2D eigenvalue weighted by Gasteiger charge is -2.28. The third-order valence-corrected chi connectivity index (χ3v) is 3.85. The van der Waals surface area contributed by atoms with Crippen molar-refractivity contribution in [2.75, 3.05) is 13.2 Å². The van der Waals surface area contributed by atoms with Gasteiger partial charge in [-0.2, -0.15) is 0 Å². The van der Waals surface area contributed by atoms with Gasteiger partial charge in [0, 0.05) is 6.20 Å². The number of rotatable bonds is 4. The normalized spacial score (nSPS) is 13.2. The van der Waals surface area contributed by atoms with E-state index >= 15 is 0 Å². The summed E-state index contributed by atoms with van der Waals surface area (Å²) in [5, 5.41) is 5.79. The zero-order valence-corrected chi connectivity index (χ0v) is 13.8. The number of amides is 2. The smallest absolute Gasteiger partial charge is 0.315 e. The van der Waals surface area contributed by atoms with Gasteiger partial charge in [-0.25, -0.2) is 4.79 Å². The molecule has 0 unspecified atom stereocenters. The minimum atomic E-state index is -0.552. The van der Waals surface area contributed by atoms with Crippen LogP contribution in [0.25, 0.3) is 0 Å². The van der Waals surface area contributed by atoms with Crippen LogP contribution in [0.3, 0.4) is 0 Å². The van der Waals surface area contributed by atoms with Crippen LogP contribution >= 0.6 is 0 Å². The topological polar surface area (TPSA) is 72.5 Å². The van der Waals surface area contributed by atoms with E-state index in [4.69, 9.17) is 9.47 Å². The Morgan fingerprint density at radius 3 is 2.71 bits per heavy atom. The number of carbonyl (C=O) groups excluding carboxylic acids is 1. The first-order valence-electron chi connectivity index (χ1n) is 7.91. The van der Waals surface area contributed by atoms with Gasteiger partial charge in [-0.3, -0.25) is 4.98 Å². The average Bonchev–Trinajstić information content (AvgIpc) is 2.60. The molecular weight excluding hydrogens is 306 g/mol. The van der Waals surface area contributed by atoms with Crippen LogP contribution in [-0.2, 0) is 12.1 Å². The fourth-order valence-electron chi connectivity index (χ4n) is 2.51. The van der Waals surface area contributed by atoms with Crippen molar-refractivity contribution in [1.29, 1.82) is 0 Å². The van der Waals surface area contributed by atoms with E-state index in [2.05, 4.69) is 15.6 Å². The third kappa shape index (κ3) is 3.76. The number of carbonyl (C=O) groups is 1. The molecule has 3 rings (SSSR count). The second-order valence-electron chi connectivity index (χ2n) is 6.11. The maximum absolute atomic E-state index is 12.2. The number of fused-ring (bicyclic) bond motifs is 1. The first kappa shape index (κ1) is 16.1. The first-order chi connectivity index (χ1) is 11.5. The number of hydrogen-bond acceptors (Lipinski definition) is 4. The Labute approximate surface area is 141 Å². The number of urea groups is 1. The van der Waals surface area contributed by atoms with Gasteiger partial charge in [-0.1, -0.05) is 12.1 Å². The highest BCUT2D eigenvalue weighted by Crippen LogP contribution is 2.34. The van der Waals surface area contributed by atoms with Crippen LogP contribution in [0.15, 0.2) is 42.6 Å². The summed E-state index contributed by atoms with van der Waals surface area (Å²) in [6.45, 7) is 5.36. The second-order valence-corrected chi connectivity index (χ2v) is 6.11. The number of nitrogens with one attached hydrogen (secondary N) is 2. The molecule has 1 aliphatic heterocycles. The summed E-state index contributed by atoms with van der Waals surface area (Å²) in [5.74, 6) is 1.45. The third-order valence-electron chi connectivity index (χ3n) is 3.85. The Kier molecular flexibility index (Phi) is 4.55. The van der Waals surface area contributed by atoms with Crippen LogP contribution in [0, 0.1) is 0 Å². The van der Waals surface area contributed by atoms with Crippen LogP contribution in [0.5, 0.6) is 11.5 Å². The van der Waals surface area contributed by atoms with Gasteiger partial charge < -0.3 is 20.1 Å². The van der Waals surface area contributed by atoms with Crippen LogP contribution in [0.4, 0.5) is 4.79 Å². The fourth-order valence-corrected chi connectivity index (χ4v) is 2.51. The van der Waals surface area contributed by atoms with Gasteiger partial charge in [0.15, 0.2) is 11.5 Å². The minimum Gasteiger partial charge on any atom is -0.486 e. The molecular formula is C18H21N3O3. The Hall–Kier alpha value is -2.76. The van der Waals surface area contributed by atoms with Gasteiger partial charge in [0.2, 0.25) is 0 Å². The first-order valence-corrected chi connectivity index (χ1v) is 7.91. The molecule has 0 radical (unpaired) electrons. The molecule has 0 fully saturated rings. The molecule has 0 saturated heterocycles. The van der Waals surface area contributed by atoms with Gasteiger partial charge in [0.05, 0.1) is 17.8 Å². The highest BCUT2D eigenvalue weighted by molar-refractivity contribution is 5.75. The molecule has 6 nitrogen and oxygen atoms in total. The molecule has 24 heavy (non-hydrogen) atoms. The highest BCUT2D eigenvalue weighted by Gasteiger charge is 2.25. The SMILES string of the molecule is CC(C)(NC(=O)NCc1ccccn1)c1ccc2c(c1)OCCO2. The maximum Gasteiger partial charge on any atom is 0.315 e. The van der Waals surface area contributed by atoms with Crippen LogP contribution in [-0.4, -0.2) is 24.2 Å². The van der Waals surface area contributed by atoms with Crippen LogP contribution < -0.4 is 20.1 Å². The Morgan fingerprint density at radius 2 is 1.96 bits per heavy atom. The number of ether oxygens (including phenoxy) is 2. The van der Waals surface area contributed by atoms with E-state index < -0.39 is 5.54 Å². The largest absolute Gasteiger partial charge is 0.486 e. The number of aromatic nitrogens is 1. The Morgan fingerprint density at radius 1 is 1.17 bits per heavy atom. The molecule has 6 heteroatoms. The molecule has 1 aliphatic rings. The summed E-state index contributed by atoms with van der Waals surface area (Å²) in [4.78, 5) is 16.4. The predicted molar refractivity (Wildman–Crippen MR) is 90.1 cm³/mol. The van der Waals surface area contributed by atoms with Gasteiger partial charge in [0.1, 0.15) is 13.2 Å². The van der Waals surface area contributed by atoms with Gasteiger partial charge in [-0.15, -0.1) is 0 Å². The van der Waals surface area contributed by atoms with Crippen molar-refractivity contribution < 1.29 is 14.3 Å². The number of benzene rings is 1. The summed E-state index contributed by atoms with van der Waals surface area (Å²) in [6, 6.07) is 11.1. The Balaban J connectivity index is 1.63. The van der Waals surface area contributed by atoms with Crippen molar-refractivity contribution in [2.24, 2.45) is 0 Å². The number of nitrogens with zero attached hydrogens (tertiary/aromatic N) is 1. The highest BCUT2D eigenvalue weighted by atomic mass is 16.6. The summed E-state index contributed by atoms with van der Waals surface area (Å²) in [7, 11) is 0. The zero-order chi connectivity index (χ0) is 17.0. The Bertz CT molecular complexity index is 717. The van der Waals surface area contributed by atoms with Crippen molar-refractivity contribution in [1.82, 2.24) is 15.6 Å².